The molecule has 0 amide bonds. The standard InChI is InChI=1S/C20H13Cl2F2N3O2/c1-2-29-20(28)13-9-27-14-7-6-10(21)18(22)17(14)19(25-8-15(27)26-13)16-11(23)4-3-5-12(16)24/h3-7,9H,2,8H2,1H3. The van der Waals surface area contributed by atoms with E-state index in [-0.39, 0.29) is 45.7 Å². The highest BCUT2D eigenvalue weighted by Gasteiger charge is 2.28. The number of rotatable bonds is 3. The Morgan fingerprint density at radius 2 is 1.90 bits per heavy atom. The molecule has 2 aromatic carbocycles. The quantitative estimate of drug-likeness (QED) is 0.544. The van der Waals surface area contributed by atoms with Crippen LogP contribution in [-0.4, -0.2) is 27.8 Å². The van der Waals surface area contributed by atoms with Crippen molar-refractivity contribution in [3.05, 3.63) is 80.9 Å². The number of halogens is 4. The smallest absolute Gasteiger partial charge is 0.358 e. The lowest BCUT2D eigenvalue weighted by Gasteiger charge is -2.15. The van der Waals surface area contributed by atoms with Crippen LogP contribution in [0, 0.1) is 11.6 Å². The Morgan fingerprint density at radius 3 is 2.59 bits per heavy atom. The van der Waals surface area contributed by atoms with Crippen LogP contribution in [0.25, 0.3) is 5.69 Å². The third-order valence-electron chi connectivity index (χ3n) is 4.41. The summed E-state index contributed by atoms with van der Waals surface area (Å²) in [6.07, 6.45) is 1.48. The largest absolute Gasteiger partial charge is 0.461 e. The first-order valence-corrected chi connectivity index (χ1v) is 9.41. The molecule has 2 heterocycles. The molecule has 1 aromatic heterocycles. The van der Waals surface area contributed by atoms with E-state index in [9.17, 15) is 13.6 Å². The highest BCUT2D eigenvalue weighted by atomic mass is 35.5. The van der Waals surface area contributed by atoms with Gasteiger partial charge in [0.2, 0.25) is 0 Å². The van der Waals surface area contributed by atoms with Crippen LogP contribution < -0.4 is 0 Å². The monoisotopic (exact) mass is 435 g/mol. The minimum absolute atomic E-state index is 0.0197. The number of carbonyl (C=O) groups is 1. The molecular weight excluding hydrogens is 423 g/mol. The van der Waals surface area contributed by atoms with Crippen molar-refractivity contribution in [2.45, 2.75) is 13.5 Å². The molecule has 0 atom stereocenters. The summed E-state index contributed by atoms with van der Waals surface area (Å²) in [4.78, 5) is 20.7. The highest BCUT2D eigenvalue weighted by Crippen LogP contribution is 2.36. The fraction of sp³-hybridized carbons (Fsp3) is 0.150. The van der Waals surface area contributed by atoms with Gasteiger partial charge in [0, 0.05) is 11.8 Å². The predicted octanol–water partition coefficient (Wildman–Crippen LogP) is 4.99. The normalized spacial score (nSPS) is 12.7. The number of fused-ring (bicyclic) bond motifs is 3. The Kier molecular flexibility index (Phi) is 5.10. The van der Waals surface area contributed by atoms with Crippen LogP contribution in [0.2, 0.25) is 10.0 Å². The van der Waals surface area contributed by atoms with Gasteiger partial charge in [-0.3, -0.25) is 4.99 Å². The van der Waals surface area contributed by atoms with Crippen LogP contribution >= 0.6 is 23.2 Å². The zero-order valence-corrected chi connectivity index (χ0v) is 16.6. The van der Waals surface area contributed by atoms with Crippen molar-refractivity contribution < 1.29 is 18.3 Å². The van der Waals surface area contributed by atoms with Crippen molar-refractivity contribution in [2.24, 2.45) is 4.99 Å². The first-order chi connectivity index (χ1) is 13.9. The van der Waals surface area contributed by atoms with Crippen molar-refractivity contribution in [2.75, 3.05) is 6.61 Å². The average molecular weight is 436 g/mol. The van der Waals surface area contributed by atoms with E-state index in [0.29, 0.717) is 11.5 Å². The van der Waals surface area contributed by atoms with Gasteiger partial charge in [-0.05, 0) is 31.2 Å². The number of aliphatic imine (C=N–C) groups is 1. The molecule has 148 valence electrons. The minimum Gasteiger partial charge on any atom is -0.461 e. The Labute approximate surface area is 174 Å². The van der Waals surface area contributed by atoms with Crippen LogP contribution in [-0.2, 0) is 11.3 Å². The van der Waals surface area contributed by atoms with E-state index in [1.807, 2.05) is 0 Å². The fourth-order valence-corrected chi connectivity index (χ4v) is 3.57. The Morgan fingerprint density at radius 1 is 1.17 bits per heavy atom. The lowest BCUT2D eigenvalue weighted by molar-refractivity contribution is 0.0520. The maximum atomic E-state index is 14.5. The lowest BCUT2D eigenvalue weighted by Crippen LogP contribution is -2.12. The molecule has 9 heteroatoms. The molecule has 0 spiro atoms. The molecule has 3 aromatic rings. The van der Waals surface area contributed by atoms with E-state index in [1.54, 1.807) is 23.6 Å². The third-order valence-corrected chi connectivity index (χ3v) is 5.22. The zero-order chi connectivity index (χ0) is 20.7. The van der Waals surface area contributed by atoms with Crippen molar-refractivity contribution >= 4 is 34.9 Å². The van der Waals surface area contributed by atoms with Gasteiger partial charge in [0.25, 0.3) is 0 Å². The molecule has 0 aliphatic carbocycles. The van der Waals surface area contributed by atoms with Crippen LogP contribution in [0.15, 0.2) is 41.5 Å². The summed E-state index contributed by atoms with van der Waals surface area (Å²) in [5, 5.41) is 0.286. The second-order valence-corrected chi connectivity index (χ2v) is 6.93. The molecule has 0 bridgehead atoms. The molecule has 0 saturated carbocycles. The first kappa shape index (κ1) is 19.5. The van der Waals surface area contributed by atoms with Crippen LogP contribution in [0.3, 0.4) is 0 Å². The predicted molar refractivity (Wildman–Crippen MR) is 105 cm³/mol. The van der Waals surface area contributed by atoms with Crippen LogP contribution in [0.5, 0.6) is 0 Å². The molecule has 0 N–H and O–H groups in total. The lowest BCUT2D eigenvalue weighted by atomic mass is 9.99. The number of imidazole rings is 1. The highest BCUT2D eigenvalue weighted by molar-refractivity contribution is 6.45. The number of nitrogens with zero attached hydrogens (tertiary/aromatic N) is 3. The summed E-state index contributed by atoms with van der Waals surface area (Å²) in [6.45, 7) is 1.86. The molecule has 0 radical (unpaired) electrons. The molecule has 0 saturated heterocycles. The summed E-state index contributed by atoms with van der Waals surface area (Å²) in [7, 11) is 0. The second kappa shape index (κ2) is 7.57. The van der Waals surface area contributed by atoms with Crippen molar-refractivity contribution in [3.8, 4) is 5.69 Å². The molecule has 0 fully saturated rings. The first-order valence-electron chi connectivity index (χ1n) is 8.65. The molecule has 0 unspecified atom stereocenters. The summed E-state index contributed by atoms with van der Waals surface area (Å²) in [5.41, 5.74) is 0.487. The molecule has 4 rings (SSSR count). The fourth-order valence-electron chi connectivity index (χ4n) is 3.17. The van der Waals surface area contributed by atoms with Crippen LogP contribution in [0.4, 0.5) is 8.78 Å². The molecule has 29 heavy (non-hydrogen) atoms. The zero-order valence-electron chi connectivity index (χ0n) is 15.0. The van der Waals surface area contributed by atoms with Crippen molar-refractivity contribution in [3.63, 3.8) is 0 Å². The Hall–Kier alpha value is -2.77. The van der Waals surface area contributed by atoms with Crippen molar-refractivity contribution in [1.82, 2.24) is 9.55 Å². The van der Waals surface area contributed by atoms with Gasteiger partial charge in [-0.25, -0.2) is 18.6 Å². The number of carbonyl (C=O) groups excluding carboxylic acids is 1. The average Bonchev–Trinajstić information content (AvgIpc) is 3.05. The Bertz CT molecular complexity index is 1150. The second-order valence-electron chi connectivity index (χ2n) is 6.15. The summed E-state index contributed by atoms with van der Waals surface area (Å²) < 4.78 is 35.6. The van der Waals surface area contributed by atoms with Gasteiger partial charge in [0.05, 0.1) is 40.2 Å². The molecular formula is C20H13Cl2F2N3O2. The third kappa shape index (κ3) is 3.30. The van der Waals surface area contributed by atoms with Gasteiger partial charge in [-0.1, -0.05) is 29.3 Å². The minimum atomic E-state index is -0.780. The molecule has 1 aliphatic heterocycles. The van der Waals surface area contributed by atoms with E-state index >= 15 is 0 Å². The number of ether oxygens (including phenoxy) is 1. The maximum Gasteiger partial charge on any atom is 0.358 e. The summed E-state index contributed by atoms with van der Waals surface area (Å²) >= 11 is 12.6. The van der Waals surface area contributed by atoms with Gasteiger partial charge < -0.3 is 9.30 Å². The van der Waals surface area contributed by atoms with E-state index < -0.39 is 17.6 Å². The topological polar surface area (TPSA) is 56.5 Å². The van der Waals surface area contributed by atoms with E-state index in [2.05, 4.69) is 9.98 Å². The maximum absolute atomic E-state index is 14.5. The number of hydrogen-bond acceptors (Lipinski definition) is 4. The van der Waals surface area contributed by atoms with E-state index in [4.69, 9.17) is 27.9 Å². The number of aromatic nitrogens is 2. The van der Waals surface area contributed by atoms with Crippen LogP contribution in [0.1, 0.15) is 34.4 Å². The Balaban J connectivity index is 1.98. The number of esters is 1. The summed E-state index contributed by atoms with van der Waals surface area (Å²) in [6, 6.07) is 6.73. The summed E-state index contributed by atoms with van der Waals surface area (Å²) in [5.74, 6) is -1.76. The molecule has 5 nitrogen and oxygen atoms in total. The van der Waals surface area contributed by atoms with Gasteiger partial charge in [-0.15, -0.1) is 0 Å². The van der Waals surface area contributed by atoms with Crippen molar-refractivity contribution in [1.29, 1.82) is 0 Å². The van der Waals surface area contributed by atoms with Gasteiger partial charge >= 0.3 is 5.97 Å². The van der Waals surface area contributed by atoms with Gasteiger partial charge in [-0.2, -0.15) is 0 Å². The van der Waals surface area contributed by atoms with E-state index in [1.165, 1.54) is 12.3 Å². The number of benzene rings is 2. The van der Waals surface area contributed by atoms with Gasteiger partial charge in [0.1, 0.15) is 17.5 Å². The number of hydrogen-bond donors (Lipinski definition) is 0. The van der Waals surface area contributed by atoms with E-state index in [0.717, 1.165) is 12.1 Å². The SMILES string of the molecule is CCOC(=O)c1cn2c(n1)CN=C(c1c(F)cccc1F)c1c-2ccc(Cl)c1Cl. The van der Waals surface area contributed by atoms with Gasteiger partial charge in [0.15, 0.2) is 5.69 Å². The molecule has 1 aliphatic rings.